The number of hydrogen-bond acceptors (Lipinski definition) is 6. The Morgan fingerprint density at radius 1 is 1.16 bits per heavy atom. The van der Waals surface area contributed by atoms with Gasteiger partial charge in [-0.3, -0.25) is 14.2 Å². The second-order valence-electron chi connectivity index (χ2n) is 9.35. The first-order valence-corrected chi connectivity index (χ1v) is 11.7. The van der Waals surface area contributed by atoms with Crippen LogP contribution in [0.1, 0.15) is 54.3 Å². The van der Waals surface area contributed by atoms with E-state index in [9.17, 15) is 27.2 Å². The van der Waals surface area contributed by atoms with Crippen LogP contribution >= 0.6 is 0 Å². The number of aryl methyl sites for hydroxylation is 1. The minimum Gasteiger partial charge on any atom is -0.376 e. The molecular weight excluding hydrogens is 494 g/mol. The highest BCUT2D eigenvalue weighted by Crippen LogP contribution is 2.35. The van der Waals surface area contributed by atoms with Gasteiger partial charge in [0.1, 0.15) is 11.6 Å². The number of benzene rings is 1. The number of ether oxygens (including phenoxy) is 1. The Morgan fingerprint density at radius 2 is 1.81 bits per heavy atom. The lowest BCUT2D eigenvalue weighted by molar-refractivity contribution is -0.141. The van der Waals surface area contributed by atoms with Crippen molar-refractivity contribution in [3.63, 3.8) is 0 Å². The fraction of sp³-hybridized carbons (Fsp3) is 0.440. The van der Waals surface area contributed by atoms with Crippen LogP contribution in [0.4, 0.5) is 23.2 Å². The Hall–Kier alpha value is -3.54. The van der Waals surface area contributed by atoms with Crippen molar-refractivity contribution in [3.05, 3.63) is 63.1 Å². The summed E-state index contributed by atoms with van der Waals surface area (Å²) in [5.41, 5.74) is -2.40. The van der Waals surface area contributed by atoms with Crippen LogP contribution in [0.5, 0.6) is 0 Å². The van der Waals surface area contributed by atoms with Crippen molar-refractivity contribution in [1.29, 1.82) is 0 Å². The van der Waals surface area contributed by atoms with Crippen molar-refractivity contribution < 1.29 is 27.1 Å². The van der Waals surface area contributed by atoms with Crippen LogP contribution in [0.15, 0.2) is 29.1 Å². The molecule has 1 saturated heterocycles. The van der Waals surface area contributed by atoms with Gasteiger partial charge in [-0.25, -0.2) is 14.4 Å². The van der Waals surface area contributed by atoms with E-state index in [2.05, 4.69) is 15.3 Å². The maximum Gasteiger partial charge on any atom is 0.433 e. The van der Waals surface area contributed by atoms with Gasteiger partial charge in [0, 0.05) is 31.3 Å². The van der Waals surface area contributed by atoms with Crippen LogP contribution in [0, 0.1) is 12.7 Å². The number of halogens is 4. The minimum atomic E-state index is -4.84. The van der Waals surface area contributed by atoms with Gasteiger partial charge in [-0.1, -0.05) is 0 Å². The van der Waals surface area contributed by atoms with Crippen LogP contribution < -0.4 is 10.9 Å². The van der Waals surface area contributed by atoms with E-state index in [0.29, 0.717) is 13.1 Å². The summed E-state index contributed by atoms with van der Waals surface area (Å²) < 4.78 is 63.5. The van der Waals surface area contributed by atoms with Crippen molar-refractivity contribution in [2.75, 3.05) is 18.4 Å². The number of morpholine rings is 1. The molecule has 0 bridgehead atoms. The molecule has 0 radical (unpaired) electrons. The summed E-state index contributed by atoms with van der Waals surface area (Å²) in [6, 6.07) is 3.77. The molecule has 3 atom stereocenters. The molecule has 37 heavy (non-hydrogen) atoms. The van der Waals surface area contributed by atoms with Gasteiger partial charge >= 0.3 is 6.18 Å². The molecule has 1 aliphatic rings. The van der Waals surface area contributed by atoms with Crippen molar-refractivity contribution in [1.82, 2.24) is 19.4 Å². The van der Waals surface area contributed by atoms with Gasteiger partial charge in [-0.05, 0) is 52.0 Å². The summed E-state index contributed by atoms with van der Waals surface area (Å²) in [5, 5.41) is 2.64. The Bertz CT molecular complexity index is 1410. The molecule has 1 aliphatic heterocycles. The highest BCUT2D eigenvalue weighted by Gasteiger charge is 2.38. The topological polar surface area (TPSA) is 89.4 Å². The van der Waals surface area contributed by atoms with Gasteiger partial charge in [-0.15, -0.1) is 0 Å². The number of pyridine rings is 1. The van der Waals surface area contributed by atoms with Crippen molar-refractivity contribution in [3.8, 4) is 0 Å². The van der Waals surface area contributed by atoms with Crippen molar-refractivity contribution in [2.24, 2.45) is 7.05 Å². The van der Waals surface area contributed by atoms with Crippen molar-refractivity contribution in [2.45, 2.75) is 52.1 Å². The molecule has 1 aromatic carbocycles. The molecule has 0 saturated carbocycles. The van der Waals surface area contributed by atoms with Crippen LogP contribution in [0.3, 0.4) is 0 Å². The highest BCUT2D eigenvalue weighted by molar-refractivity contribution is 5.94. The Balaban J connectivity index is 1.65. The number of carbonyl (C=O) groups is 1. The van der Waals surface area contributed by atoms with E-state index in [-0.39, 0.29) is 51.8 Å². The zero-order chi connectivity index (χ0) is 27.2. The van der Waals surface area contributed by atoms with Crippen LogP contribution in [0.25, 0.3) is 11.0 Å². The van der Waals surface area contributed by atoms with Gasteiger partial charge in [0.25, 0.3) is 11.5 Å². The predicted molar refractivity (Wildman–Crippen MR) is 129 cm³/mol. The summed E-state index contributed by atoms with van der Waals surface area (Å²) in [6.07, 6.45) is -5.15. The smallest absolute Gasteiger partial charge is 0.376 e. The molecule has 3 aromatic rings. The average Bonchev–Trinajstić information content (AvgIpc) is 2.81. The first-order valence-electron chi connectivity index (χ1n) is 11.7. The number of aromatic nitrogens is 3. The molecule has 12 heteroatoms. The zero-order valence-electron chi connectivity index (χ0n) is 21.0. The third kappa shape index (κ3) is 5.29. The van der Waals surface area contributed by atoms with E-state index in [4.69, 9.17) is 4.74 Å². The van der Waals surface area contributed by atoms with Gasteiger partial charge in [0.05, 0.1) is 29.3 Å². The lowest BCUT2D eigenvalue weighted by Crippen LogP contribution is -2.48. The fourth-order valence-electron chi connectivity index (χ4n) is 4.48. The molecule has 198 valence electrons. The van der Waals surface area contributed by atoms with E-state index in [1.54, 1.807) is 4.90 Å². The molecule has 4 rings (SSSR count). The molecule has 1 N–H and O–H groups in total. The maximum absolute atomic E-state index is 15.0. The summed E-state index contributed by atoms with van der Waals surface area (Å²) >= 11 is 0. The molecule has 2 aromatic heterocycles. The molecule has 0 aliphatic carbocycles. The van der Waals surface area contributed by atoms with E-state index < -0.39 is 29.3 Å². The van der Waals surface area contributed by atoms with Crippen LogP contribution in [0.2, 0.25) is 0 Å². The number of anilines is 1. The van der Waals surface area contributed by atoms with E-state index >= 15 is 0 Å². The molecule has 0 unspecified atom stereocenters. The normalized spacial score (nSPS) is 19.2. The summed E-state index contributed by atoms with van der Waals surface area (Å²) in [7, 11) is 1.46. The standard InChI is InChI=1S/C25H27F4N5O3/c1-12-10-34(11-13(2)37-12)23(35)16-6-7-20(19(26)8-16)30-14(3)17-9-18-22(32-21(17)25(27,28)29)31-15(4)33(5)24(18)36/h6-9,12-14,30H,10-11H2,1-5H3/t12-,13+,14-/m1/s1. The van der Waals surface area contributed by atoms with Gasteiger partial charge < -0.3 is 15.0 Å². The molecule has 8 nitrogen and oxygen atoms in total. The lowest BCUT2D eigenvalue weighted by atomic mass is 10.0. The third-order valence-electron chi connectivity index (χ3n) is 6.35. The quantitative estimate of drug-likeness (QED) is 0.518. The Morgan fingerprint density at radius 3 is 2.41 bits per heavy atom. The first kappa shape index (κ1) is 26.5. The Labute approximate surface area is 210 Å². The highest BCUT2D eigenvalue weighted by atomic mass is 19.4. The lowest BCUT2D eigenvalue weighted by Gasteiger charge is -2.35. The Kier molecular flexibility index (Phi) is 6.97. The average molecular weight is 522 g/mol. The predicted octanol–water partition coefficient (Wildman–Crippen LogP) is 4.22. The summed E-state index contributed by atoms with van der Waals surface area (Å²) in [4.78, 5) is 34.8. The van der Waals surface area contributed by atoms with E-state index in [0.717, 1.165) is 12.1 Å². The first-order chi connectivity index (χ1) is 17.3. The molecule has 1 fully saturated rings. The van der Waals surface area contributed by atoms with Gasteiger partial charge in [0.2, 0.25) is 0 Å². The molecule has 3 heterocycles. The number of carbonyl (C=O) groups excluding carboxylic acids is 1. The monoisotopic (exact) mass is 521 g/mol. The largest absolute Gasteiger partial charge is 0.433 e. The number of fused-ring (bicyclic) bond motifs is 1. The number of amides is 1. The molecular formula is C25H27F4N5O3. The number of alkyl halides is 3. The minimum absolute atomic E-state index is 0.0832. The van der Waals surface area contributed by atoms with Gasteiger partial charge in [-0.2, -0.15) is 13.2 Å². The number of nitrogens with one attached hydrogen (secondary N) is 1. The fourth-order valence-corrected chi connectivity index (χ4v) is 4.48. The molecule has 0 spiro atoms. The zero-order valence-corrected chi connectivity index (χ0v) is 21.0. The number of hydrogen-bond donors (Lipinski definition) is 1. The second-order valence-corrected chi connectivity index (χ2v) is 9.35. The maximum atomic E-state index is 15.0. The van der Waals surface area contributed by atoms with E-state index in [1.807, 2.05) is 13.8 Å². The van der Waals surface area contributed by atoms with Gasteiger partial charge in [0.15, 0.2) is 11.3 Å². The number of nitrogens with zero attached hydrogens (tertiary/aromatic N) is 4. The summed E-state index contributed by atoms with van der Waals surface area (Å²) in [6.45, 7) is 7.31. The number of rotatable bonds is 4. The van der Waals surface area contributed by atoms with Crippen LogP contribution in [-0.2, 0) is 18.0 Å². The summed E-state index contributed by atoms with van der Waals surface area (Å²) in [5.74, 6) is -0.949. The van der Waals surface area contributed by atoms with Crippen molar-refractivity contribution >= 4 is 22.6 Å². The van der Waals surface area contributed by atoms with Crippen LogP contribution in [-0.4, -0.2) is 50.6 Å². The van der Waals surface area contributed by atoms with E-state index in [1.165, 1.54) is 37.6 Å². The SMILES string of the molecule is Cc1nc2nc(C(F)(F)F)c([C@@H](C)Nc3ccc(C(=O)N4C[C@@H](C)O[C@@H](C)C4)cc3F)cc2c(=O)n1C. The third-order valence-corrected chi connectivity index (χ3v) is 6.35. The molecule has 1 amide bonds. The second kappa shape index (κ2) is 9.73.